The summed E-state index contributed by atoms with van der Waals surface area (Å²) in [6, 6.07) is 0. The van der Waals surface area contributed by atoms with E-state index in [-0.39, 0.29) is 98.7 Å². The van der Waals surface area contributed by atoms with Crippen LogP contribution in [-0.2, 0) is 62.0 Å². The van der Waals surface area contributed by atoms with Crippen LogP contribution in [0.2, 0.25) is 0 Å². The number of carbonyl (C=O) groups excluding carboxylic acids is 8. The zero-order valence-corrected chi connectivity index (χ0v) is 44.3. The van der Waals surface area contributed by atoms with Gasteiger partial charge in [0.25, 0.3) is 0 Å². The van der Waals surface area contributed by atoms with Crippen molar-refractivity contribution in [3.8, 4) is 0 Å². The molecule has 0 aliphatic carbocycles. The van der Waals surface area contributed by atoms with Gasteiger partial charge in [-0.2, -0.15) is 0 Å². The number of aliphatic hydroxyl groups is 1. The maximum absolute atomic E-state index is 12.5. The molecule has 14 nitrogen and oxygen atoms in total. The van der Waals surface area contributed by atoms with E-state index < -0.39 is 61.3 Å². The van der Waals surface area contributed by atoms with Crippen LogP contribution in [0.4, 0.5) is 0 Å². The van der Waals surface area contributed by atoms with E-state index in [2.05, 4.69) is 6.58 Å². The zero-order valence-electron chi connectivity index (χ0n) is 37.8. The highest BCUT2D eigenvalue weighted by atomic mass is 32.2. The first kappa shape index (κ1) is 59.8. The summed E-state index contributed by atoms with van der Waals surface area (Å²) in [5.41, 5.74) is -0.948. The average molecular weight is 1050 g/mol. The van der Waals surface area contributed by atoms with Crippen molar-refractivity contribution < 1.29 is 67.1 Å². The van der Waals surface area contributed by atoms with Gasteiger partial charge < -0.3 is 28.8 Å². The average Bonchev–Trinajstić information content (AvgIpc) is 3.19. The highest BCUT2D eigenvalue weighted by molar-refractivity contribution is 8.20. The lowest BCUT2D eigenvalue weighted by Gasteiger charge is -2.45. The number of ether oxygens (including phenoxy) is 5. The molecule has 0 unspecified atom stereocenters. The number of aliphatic hydroxyl groups excluding tert-OH is 1. The van der Waals surface area contributed by atoms with Crippen LogP contribution in [0.3, 0.4) is 0 Å². The maximum atomic E-state index is 12.5. The van der Waals surface area contributed by atoms with Gasteiger partial charge in [-0.3, -0.25) is 38.4 Å². The van der Waals surface area contributed by atoms with Crippen molar-refractivity contribution in [1.29, 1.82) is 0 Å². The van der Waals surface area contributed by atoms with Gasteiger partial charge in [-0.15, -0.1) is 6.58 Å². The molecular formula is C42H64O14S8. The Morgan fingerprint density at radius 1 is 0.500 bits per heavy atom. The first-order valence-corrected chi connectivity index (χ1v) is 28.0. The molecule has 0 spiro atoms. The zero-order chi connectivity index (χ0) is 48.0. The molecular weight excluding hydrogens is 985 g/mol. The predicted molar refractivity (Wildman–Crippen MR) is 267 cm³/mol. The highest BCUT2D eigenvalue weighted by Gasteiger charge is 2.50. The minimum Gasteiger partial charge on any atom is -0.396 e. The molecule has 2 fully saturated rings. The monoisotopic (exact) mass is 1050 g/mol. The van der Waals surface area contributed by atoms with E-state index in [1.54, 1.807) is 6.08 Å². The Bertz CT molecular complexity index is 1480. The molecule has 2 heterocycles. The van der Waals surface area contributed by atoms with Gasteiger partial charge in [0.15, 0.2) is 40.9 Å². The van der Waals surface area contributed by atoms with Crippen LogP contribution >= 0.6 is 94.1 Å². The lowest BCUT2D eigenvalue weighted by Crippen LogP contribution is -2.55. The number of hydrogen-bond acceptors (Lipinski definition) is 22. The van der Waals surface area contributed by atoms with Gasteiger partial charge in [0.2, 0.25) is 0 Å². The van der Waals surface area contributed by atoms with Crippen LogP contribution in [0.15, 0.2) is 12.7 Å². The van der Waals surface area contributed by atoms with Gasteiger partial charge >= 0.3 is 0 Å². The summed E-state index contributed by atoms with van der Waals surface area (Å²) in [7, 11) is 0. The van der Waals surface area contributed by atoms with Crippen molar-refractivity contribution in [3.05, 3.63) is 12.7 Å². The molecule has 2 saturated heterocycles. The first-order valence-electron chi connectivity index (χ1n) is 20.8. The Labute approximate surface area is 412 Å². The minimum atomic E-state index is -0.948. The summed E-state index contributed by atoms with van der Waals surface area (Å²) in [6.45, 7) is 16.0. The first-order chi connectivity index (χ1) is 30.2. The molecule has 1 N–H and O–H groups in total. The normalized spacial score (nSPS) is 26.0. The molecule has 0 radical (unpaired) electrons. The molecule has 2 aliphatic heterocycles. The van der Waals surface area contributed by atoms with E-state index >= 15 is 0 Å². The van der Waals surface area contributed by atoms with Crippen molar-refractivity contribution in [2.75, 3.05) is 57.8 Å². The molecule has 10 atom stereocenters. The van der Waals surface area contributed by atoms with Gasteiger partial charge in [0.05, 0.1) is 83.9 Å². The topological polar surface area (TPSA) is 203 Å². The molecule has 2 rings (SSSR count). The molecule has 2 aliphatic rings. The number of carbonyl (C=O) groups is 8. The van der Waals surface area contributed by atoms with E-state index in [0.717, 1.165) is 94.1 Å². The molecule has 0 aromatic carbocycles. The van der Waals surface area contributed by atoms with Crippen molar-refractivity contribution in [1.82, 2.24) is 0 Å². The van der Waals surface area contributed by atoms with E-state index in [1.165, 1.54) is 55.4 Å². The standard InChI is InChI=1S/C42H64O14S8/c1-10-15-52-21-42(20-43,22-53-16-11-13-32-36(59-26(4)46)40(63-30(8)50)38(61-28(6)48)34(55-32)18-57-24(2)44)23-54-17-12-14-33-37(60-27(5)47)41(64-31(9)51)39(62-29(7)49)35(56-33)19-58-25(3)45/h10,32-41,43H,1,11-23H2,2-9H3/t32-,33-,34+,35+,36+,37+,38+,39+,40-,41-/m0/s1. The second-order valence-electron chi connectivity index (χ2n) is 15.3. The molecule has 364 valence electrons. The molecule has 0 amide bonds. The fourth-order valence-corrected chi connectivity index (χ4v) is 16.3. The van der Waals surface area contributed by atoms with Crippen LogP contribution in [-0.4, -0.2) is 160 Å². The summed E-state index contributed by atoms with van der Waals surface area (Å²) >= 11 is 8.68. The van der Waals surface area contributed by atoms with Crippen molar-refractivity contribution in [3.63, 3.8) is 0 Å². The second-order valence-corrected chi connectivity index (χ2v) is 25.9. The molecule has 0 saturated carbocycles. The highest BCUT2D eigenvalue weighted by Crippen LogP contribution is 2.46. The van der Waals surface area contributed by atoms with Gasteiger partial charge in [-0.05, 0) is 25.7 Å². The Morgan fingerprint density at radius 2 is 0.812 bits per heavy atom. The van der Waals surface area contributed by atoms with Crippen LogP contribution < -0.4 is 0 Å². The lowest BCUT2D eigenvalue weighted by molar-refractivity contribution is -0.110. The van der Waals surface area contributed by atoms with Crippen LogP contribution in [0.5, 0.6) is 0 Å². The molecule has 64 heavy (non-hydrogen) atoms. The van der Waals surface area contributed by atoms with Crippen LogP contribution in [0.25, 0.3) is 0 Å². The summed E-state index contributed by atoms with van der Waals surface area (Å²) < 4.78 is 31.3. The van der Waals surface area contributed by atoms with Crippen molar-refractivity contribution in [2.24, 2.45) is 5.41 Å². The summed E-state index contributed by atoms with van der Waals surface area (Å²) in [5, 5.41) is 6.91. The van der Waals surface area contributed by atoms with Crippen molar-refractivity contribution >= 4 is 135 Å². The minimum absolute atomic E-state index is 0.0769. The SMILES string of the molecule is C=CCOCC(CO)(COCCC[C@@H]1O[C@H](CSC(C)=O)[C@@H](SC(C)=O)[C@@H](SC(C)=O)[C@@H]1SC(C)=O)COCCC[C@@H]1O[C@H](CSC(C)=O)[C@@H](SC(C)=O)[C@@H](SC(C)=O)[C@@H]1SC(C)=O. The third kappa shape index (κ3) is 22.4. The Morgan fingerprint density at radius 3 is 1.11 bits per heavy atom. The van der Waals surface area contributed by atoms with Gasteiger partial charge in [0.1, 0.15) is 0 Å². The van der Waals surface area contributed by atoms with Gasteiger partial charge in [-0.25, -0.2) is 0 Å². The van der Waals surface area contributed by atoms with Crippen LogP contribution in [0.1, 0.15) is 81.1 Å². The lowest BCUT2D eigenvalue weighted by atomic mass is 9.92. The largest absolute Gasteiger partial charge is 0.396 e. The van der Waals surface area contributed by atoms with E-state index in [1.807, 2.05) is 0 Å². The fourth-order valence-electron chi connectivity index (χ4n) is 7.07. The summed E-state index contributed by atoms with van der Waals surface area (Å²) in [6.07, 6.45) is 1.45. The van der Waals surface area contributed by atoms with Crippen molar-refractivity contribution in [2.45, 2.75) is 137 Å². The molecule has 22 heteroatoms. The Hall–Kier alpha value is -0.340. The van der Waals surface area contributed by atoms with Gasteiger partial charge in [-0.1, -0.05) is 100 Å². The molecule has 0 aromatic rings. The van der Waals surface area contributed by atoms with E-state index in [0.29, 0.717) is 25.7 Å². The quantitative estimate of drug-likeness (QED) is 0.0668. The second kappa shape index (κ2) is 31.7. The molecule has 0 bridgehead atoms. The van der Waals surface area contributed by atoms with Gasteiger partial charge in [0, 0.05) is 90.6 Å². The maximum Gasteiger partial charge on any atom is 0.186 e. The third-order valence-electron chi connectivity index (χ3n) is 9.52. The Kier molecular flexibility index (Phi) is 29.6. The van der Waals surface area contributed by atoms with E-state index in [4.69, 9.17) is 23.7 Å². The number of thioether (sulfide) groups is 8. The molecule has 0 aromatic heterocycles. The summed E-state index contributed by atoms with van der Waals surface area (Å²) in [4.78, 5) is 98.7. The fraction of sp³-hybridized carbons (Fsp3) is 0.762. The van der Waals surface area contributed by atoms with E-state index in [9.17, 15) is 43.5 Å². The summed E-state index contributed by atoms with van der Waals surface area (Å²) in [5.74, 6) is 0.576. The number of hydrogen-bond donors (Lipinski definition) is 1. The number of rotatable bonds is 27. The van der Waals surface area contributed by atoms with Crippen LogP contribution in [0, 0.1) is 5.41 Å². The Balaban J connectivity index is 2.18. The third-order valence-corrected chi connectivity index (χ3v) is 19.2. The smallest absolute Gasteiger partial charge is 0.186 e. The predicted octanol–water partition coefficient (Wildman–Crippen LogP) is 6.75.